The summed E-state index contributed by atoms with van der Waals surface area (Å²) in [6, 6.07) is 16.1. The average molecular weight is 431 g/mol. The molecule has 4 rings (SSSR count). The Balaban J connectivity index is 1.55. The van der Waals surface area contributed by atoms with E-state index < -0.39 is 10.0 Å². The number of carbonyl (C=O) groups is 1. The zero-order valence-electron chi connectivity index (χ0n) is 16.9. The van der Waals surface area contributed by atoms with E-state index in [1.54, 1.807) is 17.0 Å². The van der Waals surface area contributed by atoms with Crippen molar-refractivity contribution in [2.45, 2.75) is 24.0 Å². The van der Waals surface area contributed by atoms with Crippen molar-refractivity contribution >= 4 is 15.9 Å². The first-order chi connectivity index (χ1) is 14.4. The third kappa shape index (κ3) is 4.41. The van der Waals surface area contributed by atoms with Crippen LogP contribution in [-0.2, 0) is 19.5 Å². The molecular formula is C22H26N2O5S. The molecule has 0 radical (unpaired) electrons. The zero-order valence-corrected chi connectivity index (χ0v) is 17.8. The number of carbonyl (C=O) groups excluding carboxylic acids is 1. The fourth-order valence-corrected chi connectivity index (χ4v) is 5.33. The van der Waals surface area contributed by atoms with Gasteiger partial charge in [0.1, 0.15) is 6.10 Å². The van der Waals surface area contributed by atoms with Crippen molar-refractivity contribution in [1.29, 1.82) is 0 Å². The first-order valence-corrected chi connectivity index (χ1v) is 11.6. The Hall–Kier alpha value is -2.26. The first-order valence-electron chi connectivity index (χ1n) is 10.1. The second-order valence-corrected chi connectivity index (χ2v) is 9.54. The number of ether oxygens (including phenoxy) is 2. The lowest BCUT2D eigenvalue weighted by atomic mass is 10.1. The van der Waals surface area contributed by atoms with Gasteiger partial charge < -0.3 is 14.4 Å². The van der Waals surface area contributed by atoms with E-state index in [1.165, 1.54) is 16.4 Å². The maximum atomic E-state index is 13.2. The van der Waals surface area contributed by atoms with E-state index in [4.69, 9.17) is 9.47 Å². The van der Waals surface area contributed by atoms with Gasteiger partial charge in [0.15, 0.2) is 0 Å². The largest absolute Gasteiger partial charge is 0.379 e. The van der Waals surface area contributed by atoms with Crippen LogP contribution in [0.15, 0.2) is 59.5 Å². The third-order valence-corrected chi connectivity index (χ3v) is 7.30. The second kappa shape index (κ2) is 8.85. The molecular weight excluding hydrogens is 404 g/mol. The molecule has 0 N–H and O–H groups in total. The number of benzene rings is 2. The monoisotopic (exact) mass is 430 g/mol. The van der Waals surface area contributed by atoms with Gasteiger partial charge in [-0.2, -0.15) is 4.31 Å². The standard InChI is InChI=1S/C22H26N2O5S/c1-17-15-23(16-21(29-17)18-6-3-2-4-7-18)22(25)19-8-5-9-20(14-19)30(26,27)24-10-12-28-13-11-24/h2-9,14,17,21H,10-13,15-16H2,1H3. The van der Waals surface area contributed by atoms with Gasteiger partial charge in [0.05, 0.1) is 30.8 Å². The van der Waals surface area contributed by atoms with Gasteiger partial charge in [-0.3, -0.25) is 4.79 Å². The molecule has 2 unspecified atom stereocenters. The maximum Gasteiger partial charge on any atom is 0.254 e. The summed E-state index contributed by atoms with van der Waals surface area (Å²) in [5.41, 5.74) is 1.38. The molecule has 160 valence electrons. The molecule has 2 fully saturated rings. The van der Waals surface area contributed by atoms with Crippen LogP contribution in [0.5, 0.6) is 0 Å². The molecule has 30 heavy (non-hydrogen) atoms. The summed E-state index contributed by atoms with van der Waals surface area (Å²) >= 11 is 0. The SMILES string of the molecule is CC1CN(C(=O)c2cccc(S(=O)(=O)N3CCOCC3)c2)CC(c2ccccc2)O1. The first kappa shape index (κ1) is 21.0. The Morgan fingerprint density at radius 1 is 1.00 bits per heavy atom. The molecule has 0 spiro atoms. The number of amides is 1. The predicted octanol–water partition coefficient (Wildman–Crippen LogP) is 2.31. The molecule has 1 amide bonds. The lowest BCUT2D eigenvalue weighted by molar-refractivity contribution is -0.0691. The van der Waals surface area contributed by atoms with Crippen molar-refractivity contribution in [2.75, 3.05) is 39.4 Å². The Morgan fingerprint density at radius 2 is 1.73 bits per heavy atom. The summed E-state index contributed by atoms with van der Waals surface area (Å²) in [6.45, 7) is 4.22. The summed E-state index contributed by atoms with van der Waals surface area (Å²) in [6.07, 6.45) is -0.327. The highest BCUT2D eigenvalue weighted by molar-refractivity contribution is 7.89. The van der Waals surface area contributed by atoms with E-state index >= 15 is 0 Å². The zero-order chi connectivity index (χ0) is 21.1. The lowest BCUT2D eigenvalue weighted by Crippen LogP contribution is -2.46. The van der Waals surface area contributed by atoms with Crippen LogP contribution in [0.1, 0.15) is 28.9 Å². The summed E-state index contributed by atoms with van der Waals surface area (Å²) in [5.74, 6) is -0.190. The van der Waals surface area contributed by atoms with Gasteiger partial charge in [0.25, 0.3) is 5.91 Å². The molecule has 2 aliphatic heterocycles. The van der Waals surface area contributed by atoms with Crippen LogP contribution in [0.3, 0.4) is 0 Å². The van der Waals surface area contributed by atoms with E-state index in [9.17, 15) is 13.2 Å². The van der Waals surface area contributed by atoms with Crippen LogP contribution in [0.2, 0.25) is 0 Å². The topological polar surface area (TPSA) is 76.2 Å². The van der Waals surface area contributed by atoms with Gasteiger partial charge in [0, 0.05) is 25.2 Å². The summed E-state index contributed by atoms with van der Waals surface area (Å²) in [4.78, 5) is 15.1. The van der Waals surface area contributed by atoms with Gasteiger partial charge in [-0.15, -0.1) is 0 Å². The van der Waals surface area contributed by atoms with Crippen LogP contribution in [0.4, 0.5) is 0 Å². The minimum atomic E-state index is -3.66. The highest BCUT2D eigenvalue weighted by atomic mass is 32.2. The van der Waals surface area contributed by atoms with Crippen molar-refractivity contribution in [3.63, 3.8) is 0 Å². The van der Waals surface area contributed by atoms with Crippen molar-refractivity contribution in [3.8, 4) is 0 Å². The van der Waals surface area contributed by atoms with E-state index in [0.29, 0.717) is 45.0 Å². The molecule has 2 atom stereocenters. The number of nitrogens with zero attached hydrogens (tertiary/aromatic N) is 2. The summed E-state index contributed by atoms with van der Waals surface area (Å²) < 4.78 is 38.6. The van der Waals surface area contributed by atoms with Crippen molar-refractivity contribution in [2.24, 2.45) is 0 Å². The van der Waals surface area contributed by atoms with Crippen molar-refractivity contribution < 1.29 is 22.7 Å². The van der Waals surface area contributed by atoms with Crippen LogP contribution >= 0.6 is 0 Å². The maximum absolute atomic E-state index is 13.2. The molecule has 8 heteroatoms. The van der Waals surface area contributed by atoms with E-state index in [0.717, 1.165) is 5.56 Å². The molecule has 0 saturated carbocycles. The van der Waals surface area contributed by atoms with Crippen molar-refractivity contribution in [3.05, 3.63) is 65.7 Å². The third-order valence-electron chi connectivity index (χ3n) is 5.41. The molecule has 2 heterocycles. The second-order valence-electron chi connectivity index (χ2n) is 7.60. The molecule has 2 aromatic rings. The molecule has 7 nitrogen and oxygen atoms in total. The number of rotatable bonds is 4. The Kier molecular flexibility index (Phi) is 6.19. The minimum Gasteiger partial charge on any atom is -0.379 e. The highest BCUT2D eigenvalue weighted by Crippen LogP contribution is 2.27. The fraction of sp³-hybridized carbons (Fsp3) is 0.409. The summed E-state index contributed by atoms with van der Waals surface area (Å²) in [7, 11) is -3.66. The average Bonchev–Trinajstić information content (AvgIpc) is 2.79. The Bertz CT molecular complexity index is 990. The van der Waals surface area contributed by atoms with Gasteiger partial charge in [-0.05, 0) is 30.7 Å². The van der Waals surface area contributed by atoms with Gasteiger partial charge in [0.2, 0.25) is 10.0 Å². The van der Waals surface area contributed by atoms with Crippen LogP contribution in [0.25, 0.3) is 0 Å². The van der Waals surface area contributed by atoms with Gasteiger partial charge in [-0.25, -0.2) is 8.42 Å². The van der Waals surface area contributed by atoms with Crippen LogP contribution in [-0.4, -0.2) is 69.0 Å². The molecule has 2 aliphatic rings. The molecule has 0 bridgehead atoms. The quantitative estimate of drug-likeness (QED) is 0.744. The van der Waals surface area contributed by atoms with Crippen molar-refractivity contribution in [1.82, 2.24) is 9.21 Å². The molecule has 2 saturated heterocycles. The highest BCUT2D eigenvalue weighted by Gasteiger charge is 2.31. The lowest BCUT2D eigenvalue weighted by Gasteiger charge is -2.37. The van der Waals surface area contributed by atoms with Gasteiger partial charge in [-0.1, -0.05) is 36.4 Å². The Labute approximate surface area is 177 Å². The van der Waals surface area contributed by atoms with Crippen LogP contribution in [0, 0.1) is 0 Å². The predicted molar refractivity (Wildman–Crippen MR) is 112 cm³/mol. The van der Waals surface area contributed by atoms with Crippen LogP contribution < -0.4 is 0 Å². The molecule has 0 aromatic heterocycles. The van der Waals surface area contributed by atoms with E-state index in [2.05, 4.69) is 0 Å². The smallest absolute Gasteiger partial charge is 0.254 e. The van der Waals surface area contributed by atoms with E-state index in [-0.39, 0.29) is 23.0 Å². The Morgan fingerprint density at radius 3 is 2.47 bits per heavy atom. The number of sulfonamides is 1. The normalized spacial score (nSPS) is 23.3. The number of hydrogen-bond donors (Lipinski definition) is 0. The minimum absolute atomic E-state index is 0.117. The van der Waals surface area contributed by atoms with E-state index in [1.807, 2.05) is 37.3 Å². The molecule has 2 aromatic carbocycles. The number of morpholine rings is 2. The molecule has 0 aliphatic carbocycles. The van der Waals surface area contributed by atoms with Gasteiger partial charge >= 0.3 is 0 Å². The number of hydrogen-bond acceptors (Lipinski definition) is 5. The fourth-order valence-electron chi connectivity index (χ4n) is 3.88. The summed E-state index contributed by atoms with van der Waals surface area (Å²) in [5, 5.41) is 0.